The standard InChI is InChI=1S/C25H30F3N7O3/c1-29-21-19-17(25(26,27)28)12-30-22(19)33-24(32-21)31-18-3-2-16(15-5-9-38-20(15)18)23(36)35-6-4-14(13-35)34-7-10-37-11-8-34/h2-3,14,17H,4-13H2,1H3,(H3,29,30,31,32,33). The van der Waals surface area contributed by atoms with Gasteiger partial charge in [0.05, 0.1) is 31.1 Å². The molecule has 1 amide bonds. The first-order chi connectivity index (χ1) is 18.3. The summed E-state index contributed by atoms with van der Waals surface area (Å²) in [6.07, 6.45) is -2.87. The molecule has 1 aromatic heterocycles. The van der Waals surface area contributed by atoms with E-state index in [1.165, 1.54) is 7.05 Å². The third-order valence-corrected chi connectivity index (χ3v) is 7.75. The van der Waals surface area contributed by atoms with E-state index >= 15 is 0 Å². The van der Waals surface area contributed by atoms with Crippen LogP contribution in [0.15, 0.2) is 12.1 Å². The molecule has 6 rings (SSSR count). The molecule has 4 aliphatic heterocycles. The van der Waals surface area contributed by atoms with E-state index in [1.807, 2.05) is 4.90 Å². The number of likely N-dealkylation sites (tertiary alicyclic amines) is 1. The highest BCUT2D eigenvalue weighted by Crippen LogP contribution is 2.45. The third kappa shape index (κ3) is 4.47. The van der Waals surface area contributed by atoms with Gasteiger partial charge in [-0.1, -0.05) is 0 Å². The summed E-state index contributed by atoms with van der Waals surface area (Å²) in [5.41, 5.74) is 2.01. The van der Waals surface area contributed by atoms with Crippen LogP contribution in [0.3, 0.4) is 0 Å². The predicted molar refractivity (Wildman–Crippen MR) is 134 cm³/mol. The van der Waals surface area contributed by atoms with Crippen LogP contribution in [0.1, 0.15) is 33.8 Å². The summed E-state index contributed by atoms with van der Waals surface area (Å²) in [6.45, 7) is 4.79. The third-order valence-electron chi connectivity index (χ3n) is 7.75. The number of nitrogens with one attached hydrogen (secondary N) is 3. The Bertz CT molecular complexity index is 1240. The molecule has 5 heterocycles. The zero-order valence-corrected chi connectivity index (χ0v) is 21.0. The molecule has 2 aromatic rings. The molecule has 38 heavy (non-hydrogen) atoms. The zero-order valence-electron chi connectivity index (χ0n) is 21.0. The molecule has 1 aromatic carbocycles. The van der Waals surface area contributed by atoms with E-state index in [9.17, 15) is 18.0 Å². The fraction of sp³-hybridized carbons (Fsp3) is 0.560. The Balaban J connectivity index is 1.22. The Labute approximate surface area is 217 Å². The number of anilines is 4. The van der Waals surface area contributed by atoms with Crippen LogP contribution in [0, 0.1) is 0 Å². The number of halogens is 3. The number of amides is 1. The molecule has 0 radical (unpaired) electrons. The number of benzene rings is 1. The van der Waals surface area contributed by atoms with E-state index in [0.29, 0.717) is 49.2 Å². The maximum atomic E-state index is 13.5. The number of hydrogen-bond donors (Lipinski definition) is 3. The fourth-order valence-corrected chi connectivity index (χ4v) is 5.81. The van der Waals surface area contributed by atoms with Gasteiger partial charge in [-0.2, -0.15) is 23.1 Å². The van der Waals surface area contributed by atoms with Crippen LogP contribution < -0.4 is 20.7 Å². The number of alkyl halides is 3. The topological polar surface area (TPSA) is 104 Å². The Kier molecular flexibility index (Phi) is 6.42. The monoisotopic (exact) mass is 533 g/mol. The molecule has 0 bridgehead atoms. The van der Waals surface area contributed by atoms with Crippen molar-refractivity contribution in [2.24, 2.45) is 0 Å². The molecule has 2 atom stereocenters. The molecule has 4 aliphatic rings. The van der Waals surface area contributed by atoms with Crippen LogP contribution in [0.5, 0.6) is 5.75 Å². The first-order valence-corrected chi connectivity index (χ1v) is 12.9. The highest BCUT2D eigenvalue weighted by molar-refractivity contribution is 5.98. The molecule has 2 fully saturated rings. The van der Waals surface area contributed by atoms with Gasteiger partial charge in [-0.15, -0.1) is 0 Å². The molecular formula is C25H30F3N7O3. The number of hydrogen-bond acceptors (Lipinski definition) is 9. The maximum Gasteiger partial charge on any atom is 0.397 e. The predicted octanol–water partition coefficient (Wildman–Crippen LogP) is 2.81. The Morgan fingerprint density at radius 3 is 2.74 bits per heavy atom. The summed E-state index contributed by atoms with van der Waals surface area (Å²) < 4.78 is 51.8. The maximum absolute atomic E-state index is 13.5. The van der Waals surface area contributed by atoms with Gasteiger partial charge in [0.1, 0.15) is 23.3 Å². The van der Waals surface area contributed by atoms with Crippen LogP contribution >= 0.6 is 0 Å². The van der Waals surface area contributed by atoms with Crippen LogP contribution in [0.4, 0.5) is 36.4 Å². The van der Waals surface area contributed by atoms with Crippen molar-refractivity contribution in [3.05, 3.63) is 28.8 Å². The van der Waals surface area contributed by atoms with E-state index in [2.05, 4.69) is 30.8 Å². The first-order valence-electron chi connectivity index (χ1n) is 12.9. The van der Waals surface area contributed by atoms with E-state index in [1.54, 1.807) is 12.1 Å². The molecule has 3 N–H and O–H groups in total. The van der Waals surface area contributed by atoms with Gasteiger partial charge in [-0.25, -0.2) is 0 Å². The number of carbonyl (C=O) groups is 1. The molecule has 2 unspecified atom stereocenters. The number of fused-ring (bicyclic) bond motifs is 2. The number of morpholine rings is 1. The van der Waals surface area contributed by atoms with Crippen LogP contribution in [0.2, 0.25) is 0 Å². The van der Waals surface area contributed by atoms with E-state index < -0.39 is 12.1 Å². The van der Waals surface area contributed by atoms with E-state index in [-0.39, 0.29) is 35.6 Å². The Morgan fingerprint density at radius 1 is 1.16 bits per heavy atom. The lowest BCUT2D eigenvalue weighted by Crippen LogP contribution is -2.45. The van der Waals surface area contributed by atoms with Crippen molar-refractivity contribution < 1.29 is 27.4 Å². The highest BCUT2D eigenvalue weighted by atomic mass is 19.4. The molecule has 2 saturated heterocycles. The van der Waals surface area contributed by atoms with Gasteiger partial charge >= 0.3 is 6.18 Å². The van der Waals surface area contributed by atoms with Crippen molar-refractivity contribution in [3.8, 4) is 5.75 Å². The summed E-state index contributed by atoms with van der Waals surface area (Å²) in [7, 11) is 1.53. The highest BCUT2D eigenvalue weighted by Gasteiger charge is 2.47. The van der Waals surface area contributed by atoms with Crippen molar-refractivity contribution in [1.29, 1.82) is 0 Å². The van der Waals surface area contributed by atoms with Crippen molar-refractivity contribution in [2.75, 3.05) is 75.5 Å². The van der Waals surface area contributed by atoms with Gasteiger partial charge in [0.25, 0.3) is 5.91 Å². The minimum absolute atomic E-state index is 0.00831. The molecule has 0 saturated carbocycles. The first kappa shape index (κ1) is 25.0. The molecule has 13 heteroatoms. The molecular weight excluding hydrogens is 503 g/mol. The van der Waals surface area contributed by atoms with Crippen molar-refractivity contribution in [1.82, 2.24) is 19.8 Å². The van der Waals surface area contributed by atoms with Crippen molar-refractivity contribution in [2.45, 2.75) is 31.0 Å². The number of aromatic nitrogens is 2. The van der Waals surface area contributed by atoms with Gasteiger partial charge < -0.3 is 30.3 Å². The summed E-state index contributed by atoms with van der Waals surface area (Å²) >= 11 is 0. The average molecular weight is 534 g/mol. The fourth-order valence-electron chi connectivity index (χ4n) is 5.81. The smallest absolute Gasteiger partial charge is 0.397 e. The van der Waals surface area contributed by atoms with Crippen LogP contribution in [0.25, 0.3) is 0 Å². The number of rotatable bonds is 5. The number of carbonyl (C=O) groups excluding carboxylic acids is 1. The minimum Gasteiger partial charge on any atom is -0.491 e. The second-order valence-electron chi connectivity index (χ2n) is 9.92. The van der Waals surface area contributed by atoms with Crippen LogP contribution in [-0.2, 0) is 11.2 Å². The van der Waals surface area contributed by atoms with Gasteiger partial charge in [0.15, 0.2) is 0 Å². The van der Waals surface area contributed by atoms with Crippen LogP contribution in [-0.4, -0.2) is 97.5 Å². The second-order valence-corrected chi connectivity index (χ2v) is 9.92. The summed E-state index contributed by atoms with van der Waals surface area (Å²) in [5.74, 6) is -0.757. The van der Waals surface area contributed by atoms with Gasteiger partial charge in [0.2, 0.25) is 5.95 Å². The molecule has 0 spiro atoms. The quantitative estimate of drug-likeness (QED) is 0.535. The molecule has 204 valence electrons. The SMILES string of the molecule is CNc1nc(Nc2ccc(C(=O)N3CCC(N4CCOCC4)C3)c3c2OCC3)nc2c1C(C(F)(F)F)CN2. The van der Waals surface area contributed by atoms with E-state index in [0.717, 1.165) is 38.3 Å². The zero-order chi connectivity index (χ0) is 26.4. The lowest BCUT2D eigenvalue weighted by atomic mass is 10.0. The lowest BCUT2D eigenvalue weighted by molar-refractivity contribution is -0.145. The van der Waals surface area contributed by atoms with Gasteiger partial charge in [-0.3, -0.25) is 9.69 Å². The Morgan fingerprint density at radius 2 is 1.97 bits per heavy atom. The lowest BCUT2D eigenvalue weighted by Gasteiger charge is -2.32. The van der Waals surface area contributed by atoms with E-state index in [4.69, 9.17) is 9.47 Å². The minimum atomic E-state index is -4.41. The second kappa shape index (κ2) is 9.77. The summed E-state index contributed by atoms with van der Waals surface area (Å²) in [6, 6.07) is 3.87. The van der Waals surface area contributed by atoms with Crippen molar-refractivity contribution >= 4 is 29.2 Å². The number of ether oxygens (including phenoxy) is 2. The summed E-state index contributed by atoms with van der Waals surface area (Å²) in [4.78, 5) is 26.4. The number of nitrogens with zero attached hydrogens (tertiary/aromatic N) is 4. The normalized spacial score (nSPS) is 23.0. The molecule has 10 nitrogen and oxygen atoms in total. The van der Waals surface area contributed by atoms with Crippen molar-refractivity contribution in [3.63, 3.8) is 0 Å². The van der Waals surface area contributed by atoms with Gasteiger partial charge in [0, 0.05) is 63.4 Å². The average Bonchev–Trinajstić information content (AvgIpc) is 3.68. The Hall–Kier alpha value is -3.32. The molecule has 0 aliphatic carbocycles. The largest absolute Gasteiger partial charge is 0.491 e. The summed E-state index contributed by atoms with van der Waals surface area (Å²) in [5, 5.41) is 8.61. The van der Waals surface area contributed by atoms with Gasteiger partial charge in [-0.05, 0) is 18.6 Å².